The third-order valence-electron chi connectivity index (χ3n) is 6.33. The molecule has 0 bridgehead atoms. The molecule has 4 rings (SSSR count). The van der Waals surface area contributed by atoms with Gasteiger partial charge in [0.2, 0.25) is 5.95 Å². The zero-order chi connectivity index (χ0) is 28.9. The van der Waals surface area contributed by atoms with Crippen molar-refractivity contribution in [2.24, 2.45) is 0 Å². The van der Waals surface area contributed by atoms with Gasteiger partial charge in [-0.05, 0) is 51.2 Å². The first kappa shape index (κ1) is 29.2. The van der Waals surface area contributed by atoms with Gasteiger partial charge in [-0.2, -0.15) is 4.98 Å². The van der Waals surface area contributed by atoms with Crippen molar-refractivity contribution in [1.82, 2.24) is 29.9 Å². The topological polar surface area (TPSA) is 127 Å². The van der Waals surface area contributed by atoms with Crippen LogP contribution in [0.25, 0.3) is 5.69 Å². The van der Waals surface area contributed by atoms with Crippen LogP contribution >= 0.6 is 11.6 Å². The van der Waals surface area contributed by atoms with E-state index in [-0.39, 0.29) is 21.7 Å². The number of nitrogens with zero attached hydrogens (tertiary/aromatic N) is 6. The summed E-state index contributed by atoms with van der Waals surface area (Å²) < 4.78 is 33.1. The highest BCUT2D eigenvalue weighted by Crippen LogP contribution is 2.32. The van der Waals surface area contributed by atoms with Gasteiger partial charge in [0.15, 0.2) is 15.7 Å². The minimum Gasteiger partial charge on any atom is -0.494 e. The standard InChI is InChI=1S/C27H33ClN8O3S/c1-6-35(7-2)16-19-17-36(34-33-19)20-12-13-22(24(14-20)39-5)31-27-29-15-21(28)26(32-27)30-23-10-8-9-11-25(23)40(37,38)18(3)4/h8-15,17-18H,6-7,16H2,1-5H3,(H2,29,30,31,32). The van der Waals surface area contributed by atoms with Crippen LogP contribution < -0.4 is 15.4 Å². The minimum absolute atomic E-state index is 0.166. The van der Waals surface area contributed by atoms with Gasteiger partial charge in [0.05, 0.1) is 52.4 Å². The Morgan fingerprint density at radius 3 is 2.52 bits per heavy atom. The molecule has 0 aliphatic carbocycles. The highest BCUT2D eigenvalue weighted by molar-refractivity contribution is 7.92. The fourth-order valence-electron chi connectivity index (χ4n) is 3.93. The van der Waals surface area contributed by atoms with E-state index in [2.05, 4.69) is 49.7 Å². The van der Waals surface area contributed by atoms with Gasteiger partial charge in [-0.1, -0.05) is 42.8 Å². The van der Waals surface area contributed by atoms with Crippen molar-refractivity contribution in [3.8, 4) is 11.4 Å². The summed E-state index contributed by atoms with van der Waals surface area (Å²) in [6.45, 7) is 10.1. The number of aromatic nitrogens is 5. The Hall–Kier alpha value is -3.74. The highest BCUT2D eigenvalue weighted by Gasteiger charge is 2.23. The molecular weight excluding hydrogens is 552 g/mol. The largest absolute Gasteiger partial charge is 0.494 e. The van der Waals surface area contributed by atoms with E-state index >= 15 is 0 Å². The molecule has 2 aromatic heterocycles. The number of nitrogens with one attached hydrogen (secondary N) is 2. The smallest absolute Gasteiger partial charge is 0.229 e. The van der Waals surface area contributed by atoms with Gasteiger partial charge >= 0.3 is 0 Å². The van der Waals surface area contributed by atoms with Crippen molar-refractivity contribution in [3.05, 3.63) is 65.6 Å². The molecule has 2 heterocycles. The average molecular weight is 585 g/mol. The molecule has 0 amide bonds. The number of benzene rings is 2. The Morgan fingerprint density at radius 2 is 1.82 bits per heavy atom. The lowest BCUT2D eigenvalue weighted by atomic mass is 10.2. The molecule has 0 atom stereocenters. The fourth-order valence-corrected chi connectivity index (χ4v) is 5.27. The first-order chi connectivity index (χ1) is 19.2. The van der Waals surface area contributed by atoms with Crippen LogP contribution in [-0.4, -0.2) is 63.7 Å². The number of hydrogen-bond acceptors (Lipinski definition) is 10. The van der Waals surface area contributed by atoms with Crippen LogP contribution in [0, 0.1) is 0 Å². The highest BCUT2D eigenvalue weighted by atomic mass is 35.5. The zero-order valence-corrected chi connectivity index (χ0v) is 24.7. The van der Waals surface area contributed by atoms with E-state index in [0.717, 1.165) is 31.0 Å². The third kappa shape index (κ3) is 6.52. The second kappa shape index (κ2) is 12.6. The maximum Gasteiger partial charge on any atom is 0.229 e. The first-order valence-corrected chi connectivity index (χ1v) is 14.8. The molecule has 0 aliphatic heterocycles. The minimum atomic E-state index is -3.54. The second-order valence-electron chi connectivity index (χ2n) is 9.23. The SMILES string of the molecule is CCN(CC)Cc1cn(-c2ccc(Nc3ncc(Cl)c(Nc4ccccc4S(=O)(=O)C(C)C)n3)c(OC)c2)nn1. The number of ether oxygens (including phenoxy) is 1. The third-order valence-corrected chi connectivity index (χ3v) is 8.82. The molecule has 13 heteroatoms. The lowest BCUT2D eigenvalue weighted by Crippen LogP contribution is -2.22. The monoisotopic (exact) mass is 584 g/mol. The maximum absolute atomic E-state index is 12.9. The molecule has 0 aliphatic rings. The van der Waals surface area contributed by atoms with Gasteiger partial charge < -0.3 is 15.4 Å². The molecule has 2 aromatic carbocycles. The van der Waals surface area contributed by atoms with E-state index in [1.807, 2.05) is 24.4 Å². The van der Waals surface area contributed by atoms with Crippen LogP contribution in [0.3, 0.4) is 0 Å². The van der Waals surface area contributed by atoms with Crippen LogP contribution in [0.1, 0.15) is 33.4 Å². The summed E-state index contributed by atoms with van der Waals surface area (Å²) in [5, 5.41) is 14.4. The quantitative estimate of drug-likeness (QED) is 0.228. The summed E-state index contributed by atoms with van der Waals surface area (Å²) in [6, 6.07) is 12.2. The van der Waals surface area contributed by atoms with Crippen LogP contribution in [-0.2, 0) is 16.4 Å². The molecule has 0 saturated carbocycles. The van der Waals surface area contributed by atoms with Crippen molar-refractivity contribution >= 4 is 44.6 Å². The number of halogens is 1. The predicted molar refractivity (Wildman–Crippen MR) is 157 cm³/mol. The molecule has 0 radical (unpaired) electrons. The zero-order valence-electron chi connectivity index (χ0n) is 23.1. The Bertz CT molecular complexity index is 1570. The summed E-state index contributed by atoms with van der Waals surface area (Å²) in [5.41, 5.74) is 2.65. The van der Waals surface area contributed by atoms with E-state index in [4.69, 9.17) is 16.3 Å². The van der Waals surface area contributed by atoms with E-state index in [0.29, 0.717) is 17.1 Å². The predicted octanol–water partition coefficient (Wildman–Crippen LogP) is 5.23. The maximum atomic E-state index is 12.9. The fraction of sp³-hybridized carbons (Fsp3) is 0.333. The Labute approximate surface area is 239 Å². The van der Waals surface area contributed by atoms with Crippen molar-refractivity contribution in [2.75, 3.05) is 30.8 Å². The van der Waals surface area contributed by atoms with Crippen LogP contribution in [0.2, 0.25) is 5.02 Å². The van der Waals surface area contributed by atoms with E-state index in [1.54, 1.807) is 49.9 Å². The summed E-state index contributed by atoms with van der Waals surface area (Å²) in [5.74, 6) is 1.04. The van der Waals surface area contributed by atoms with Crippen molar-refractivity contribution < 1.29 is 13.2 Å². The molecule has 0 spiro atoms. The molecule has 0 fully saturated rings. The Balaban J connectivity index is 1.57. The summed E-state index contributed by atoms with van der Waals surface area (Å²) in [7, 11) is -1.97. The number of sulfone groups is 1. The average Bonchev–Trinajstić information content (AvgIpc) is 3.42. The summed E-state index contributed by atoms with van der Waals surface area (Å²) in [6.07, 6.45) is 3.34. The number of rotatable bonds is 12. The molecule has 4 aromatic rings. The van der Waals surface area contributed by atoms with E-state index in [1.165, 1.54) is 6.20 Å². The molecule has 0 saturated heterocycles. The number of anilines is 4. The van der Waals surface area contributed by atoms with Crippen LogP contribution in [0.5, 0.6) is 5.75 Å². The number of hydrogen-bond donors (Lipinski definition) is 2. The van der Waals surface area contributed by atoms with Crippen molar-refractivity contribution in [1.29, 1.82) is 0 Å². The van der Waals surface area contributed by atoms with Crippen LogP contribution in [0.4, 0.5) is 23.1 Å². The summed E-state index contributed by atoms with van der Waals surface area (Å²) >= 11 is 6.37. The number of methoxy groups -OCH3 is 1. The van der Waals surface area contributed by atoms with Gasteiger partial charge in [0.1, 0.15) is 10.8 Å². The lowest BCUT2D eigenvalue weighted by molar-refractivity contribution is 0.292. The lowest BCUT2D eigenvalue weighted by Gasteiger charge is -2.16. The van der Waals surface area contributed by atoms with Crippen molar-refractivity contribution in [2.45, 2.75) is 44.4 Å². The Morgan fingerprint density at radius 1 is 1.07 bits per heavy atom. The van der Waals surface area contributed by atoms with E-state index < -0.39 is 15.1 Å². The molecule has 40 heavy (non-hydrogen) atoms. The summed E-state index contributed by atoms with van der Waals surface area (Å²) in [4.78, 5) is 11.2. The molecule has 11 nitrogen and oxygen atoms in total. The van der Waals surface area contributed by atoms with Gasteiger partial charge in [-0.15, -0.1) is 5.10 Å². The molecule has 0 unspecified atom stereocenters. The Kier molecular flexibility index (Phi) is 9.23. The normalized spacial score (nSPS) is 11.7. The molecular formula is C27H33ClN8O3S. The number of para-hydroxylation sites is 1. The van der Waals surface area contributed by atoms with Gasteiger partial charge in [-0.3, -0.25) is 4.90 Å². The first-order valence-electron chi connectivity index (χ1n) is 12.9. The van der Waals surface area contributed by atoms with E-state index in [9.17, 15) is 8.42 Å². The van der Waals surface area contributed by atoms with Gasteiger partial charge in [0, 0.05) is 12.6 Å². The molecule has 212 valence electrons. The molecule has 2 N–H and O–H groups in total. The van der Waals surface area contributed by atoms with Crippen molar-refractivity contribution in [3.63, 3.8) is 0 Å². The van der Waals surface area contributed by atoms with Gasteiger partial charge in [0.25, 0.3) is 0 Å². The van der Waals surface area contributed by atoms with Gasteiger partial charge in [-0.25, -0.2) is 18.1 Å². The second-order valence-corrected chi connectivity index (χ2v) is 12.1. The van der Waals surface area contributed by atoms with Crippen LogP contribution in [0.15, 0.2) is 59.8 Å².